The monoisotopic (exact) mass is 406 g/mol. The first-order valence-corrected chi connectivity index (χ1v) is 10.2. The SMILES string of the molecule is CCn1c(=O)oc2cc(S(=O)(=O)N[C@@H](C)c3ccc(OC)c(OC)c3)ccc21. The Morgan fingerprint density at radius 3 is 2.46 bits per heavy atom. The Morgan fingerprint density at radius 2 is 1.82 bits per heavy atom. The van der Waals surface area contributed by atoms with Crippen molar-refractivity contribution in [2.24, 2.45) is 0 Å². The second-order valence-electron chi connectivity index (χ2n) is 6.20. The summed E-state index contributed by atoms with van der Waals surface area (Å²) >= 11 is 0. The second-order valence-corrected chi connectivity index (χ2v) is 7.91. The van der Waals surface area contributed by atoms with Gasteiger partial charge in [0.1, 0.15) is 0 Å². The van der Waals surface area contributed by atoms with Gasteiger partial charge in [-0.05, 0) is 43.7 Å². The summed E-state index contributed by atoms with van der Waals surface area (Å²) in [4.78, 5) is 11.8. The van der Waals surface area contributed by atoms with Gasteiger partial charge in [0, 0.05) is 18.7 Å². The largest absolute Gasteiger partial charge is 0.493 e. The average molecular weight is 406 g/mol. The highest BCUT2D eigenvalue weighted by molar-refractivity contribution is 7.89. The van der Waals surface area contributed by atoms with Crippen molar-refractivity contribution in [1.82, 2.24) is 9.29 Å². The molecule has 2 aromatic carbocycles. The topological polar surface area (TPSA) is 99.8 Å². The molecule has 0 fully saturated rings. The van der Waals surface area contributed by atoms with E-state index in [1.807, 2.05) is 6.92 Å². The third-order valence-electron chi connectivity index (χ3n) is 4.51. The molecular formula is C19H22N2O6S. The Morgan fingerprint density at radius 1 is 1.11 bits per heavy atom. The maximum absolute atomic E-state index is 12.8. The molecule has 0 unspecified atom stereocenters. The van der Waals surface area contributed by atoms with Gasteiger partial charge in [0.05, 0.1) is 24.6 Å². The molecule has 0 spiro atoms. The molecule has 9 heteroatoms. The molecule has 0 radical (unpaired) electrons. The van der Waals surface area contributed by atoms with Gasteiger partial charge in [0.15, 0.2) is 17.1 Å². The van der Waals surface area contributed by atoms with E-state index in [-0.39, 0.29) is 10.5 Å². The van der Waals surface area contributed by atoms with Crippen LogP contribution in [0.5, 0.6) is 11.5 Å². The van der Waals surface area contributed by atoms with Crippen molar-refractivity contribution in [1.29, 1.82) is 0 Å². The van der Waals surface area contributed by atoms with Crippen LogP contribution in [0.25, 0.3) is 11.1 Å². The Balaban J connectivity index is 1.91. The van der Waals surface area contributed by atoms with E-state index in [4.69, 9.17) is 13.9 Å². The zero-order valence-electron chi connectivity index (χ0n) is 16.1. The van der Waals surface area contributed by atoms with Gasteiger partial charge >= 0.3 is 5.76 Å². The number of aromatic nitrogens is 1. The van der Waals surface area contributed by atoms with Gasteiger partial charge in [-0.25, -0.2) is 17.9 Å². The standard InChI is InChI=1S/C19H22N2O6S/c1-5-21-15-8-7-14(11-17(15)27-19(21)22)28(23,24)20-12(2)13-6-9-16(25-3)18(10-13)26-4/h6-12,20H,5H2,1-4H3/t12-/m0/s1. The molecule has 3 aromatic rings. The van der Waals surface area contributed by atoms with Gasteiger partial charge in [0.25, 0.3) is 0 Å². The maximum Gasteiger partial charge on any atom is 0.419 e. The van der Waals surface area contributed by atoms with Gasteiger partial charge in [-0.3, -0.25) is 4.57 Å². The summed E-state index contributed by atoms with van der Waals surface area (Å²) in [7, 11) is -0.791. The number of methoxy groups -OCH3 is 2. The second kappa shape index (κ2) is 7.69. The number of nitrogens with zero attached hydrogens (tertiary/aromatic N) is 1. The molecule has 0 amide bonds. The van der Waals surface area contributed by atoms with E-state index in [0.29, 0.717) is 29.1 Å². The van der Waals surface area contributed by atoms with E-state index < -0.39 is 21.8 Å². The van der Waals surface area contributed by atoms with Crippen LogP contribution in [0.4, 0.5) is 0 Å². The number of rotatable bonds is 7. The summed E-state index contributed by atoms with van der Waals surface area (Å²) in [6, 6.07) is 9.05. The van der Waals surface area contributed by atoms with E-state index in [2.05, 4.69) is 4.72 Å². The van der Waals surface area contributed by atoms with Crippen LogP contribution in [0.1, 0.15) is 25.5 Å². The highest BCUT2D eigenvalue weighted by atomic mass is 32.2. The third-order valence-corrected chi connectivity index (χ3v) is 6.04. The van der Waals surface area contributed by atoms with E-state index in [0.717, 1.165) is 0 Å². The van der Waals surface area contributed by atoms with Crippen molar-refractivity contribution in [3.8, 4) is 11.5 Å². The van der Waals surface area contributed by atoms with Crippen molar-refractivity contribution in [2.45, 2.75) is 31.3 Å². The Bertz CT molecular complexity index is 1160. The van der Waals surface area contributed by atoms with Crippen LogP contribution in [0, 0.1) is 0 Å². The third kappa shape index (κ3) is 3.63. The molecule has 0 aliphatic rings. The first-order chi connectivity index (χ1) is 13.3. The number of hydrogen-bond donors (Lipinski definition) is 1. The summed E-state index contributed by atoms with van der Waals surface area (Å²) in [5.41, 5.74) is 1.50. The highest BCUT2D eigenvalue weighted by Gasteiger charge is 2.21. The van der Waals surface area contributed by atoms with Crippen molar-refractivity contribution in [3.63, 3.8) is 0 Å². The fourth-order valence-corrected chi connectivity index (χ4v) is 4.25. The smallest absolute Gasteiger partial charge is 0.419 e. The molecule has 0 aliphatic carbocycles. The zero-order chi connectivity index (χ0) is 20.5. The van der Waals surface area contributed by atoms with E-state index >= 15 is 0 Å². The molecular weight excluding hydrogens is 384 g/mol. The van der Waals surface area contributed by atoms with E-state index in [1.54, 1.807) is 31.2 Å². The maximum atomic E-state index is 12.8. The lowest BCUT2D eigenvalue weighted by molar-refractivity contribution is 0.354. The number of benzene rings is 2. The summed E-state index contributed by atoms with van der Waals surface area (Å²) < 4.78 is 45.3. The minimum Gasteiger partial charge on any atom is -0.493 e. The Hall–Kier alpha value is -2.78. The predicted molar refractivity (Wildman–Crippen MR) is 104 cm³/mol. The molecule has 8 nitrogen and oxygen atoms in total. The molecule has 0 aliphatic heterocycles. The number of oxazole rings is 1. The van der Waals surface area contributed by atoms with E-state index in [1.165, 1.54) is 30.9 Å². The van der Waals surface area contributed by atoms with Crippen LogP contribution in [-0.4, -0.2) is 27.2 Å². The molecule has 0 bridgehead atoms. The summed E-state index contributed by atoms with van der Waals surface area (Å²) in [6.45, 7) is 3.98. The summed E-state index contributed by atoms with van der Waals surface area (Å²) in [5.74, 6) is 0.552. The fraction of sp³-hybridized carbons (Fsp3) is 0.316. The normalized spacial score (nSPS) is 12.9. The van der Waals surface area contributed by atoms with Crippen molar-refractivity contribution < 1.29 is 22.3 Å². The average Bonchev–Trinajstić information content (AvgIpc) is 3.00. The minimum absolute atomic E-state index is 0.0179. The van der Waals surface area contributed by atoms with Crippen LogP contribution in [0.15, 0.2) is 50.5 Å². The first kappa shape index (κ1) is 20.0. The quantitative estimate of drug-likeness (QED) is 0.648. The molecule has 3 rings (SSSR count). The van der Waals surface area contributed by atoms with Crippen LogP contribution >= 0.6 is 0 Å². The molecule has 1 N–H and O–H groups in total. The number of aryl methyl sites for hydroxylation is 1. The highest BCUT2D eigenvalue weighted by Crippen LogP contribution is 2.30. The molecule has 28 heavy (non-hydrogen) atoms. The molecule has 1 atom stereocenters. The van der Waals surface area contributed by atoms with Crippen LogP contribution in [0.3, 0.4) is 0 Å². The van der Waals surface area contributed by atoms with Crippen LogP contribution in [-0.2, 0) is 16.6 Å². The van der Waals surface area contributed by atoms with Crippen LogP contribution in [0.2, 0.25) is 0 Å². The van der Waals surface area contributed by atoms with Gasteiger partial charge in [-0.1, -0.05) is 6.07 Å². The molecule has 1 aromatic heterocycles. The predicted octanol–water partition coefficient (Wildman–Crippen LogP) is 2.67. The molecule has 150 valence electrons. The van der Waals surface area contributed by atoms with Crippen molar-refractivity contribution in [2.75, 3.05) is 14.2 Å². The van der Waals surface area contributed by atoms with Gasteiger partial charge in [-0.15, -0.1) is 0 Å². The minimum atomic E-state index is -3.84. The number of fused-ring (bicyclic) bond motifs is 1. The van der Waals surface area contributed by atoms with E-state index in [9.17, 15) is 13.2 Å². The van der Waals surface area contributed by atoms with Crippen molar-refractivity contribution in [3.05, 3.63) is 52.5 Å². The Kier molecular flexibility index (Phi) is 5.48. The first-order valence-electron chi connectivity index (χ1n) is 8.68. The number of sulfonamides is 1. The number of nitrogens with one attached hydrogen (secondary N) is 1. The lowest BCUT2D eigenvalue weighted by Crippen LogP contribution is -2.26. The van der Waals surface area contributed by atoms with Crippen LogP contribution < -0.4 is 20.0 Å². The number of ether oxygens (including phenoxy) is 2. The fourth-order valence-electron chi connectivity index (χ4n) is 3.00. The lowest BCUT2D eigenvalue weighted by Gasteiger charge is -2.16. The molecule has 0 saturated carbocycles. The Labute approximate surface area is 162 Å². The molecule has 1 heterocycles. The van der Waals surface area contributed by atoms with Crippen molar-refractivity contribution >= 4 is 21.1 Å². The number of hydrogen-bond acceptors (Lipinski definition) is 6. The molecule has 0 saturated heterocycles. The van der Waals surface area contributed by atoms with Gasteiger partial charge in [-0.2, -0.15) is 0 Å². The lowest BCUT2D eigenvalue weighted by atomic mass is 10.1. The van der Waals surface area contributed by atoms with Gasteiger partial charge < -0.3 is 13.9 Å². The summed E-state index contributed by atoms with van der Waals surface area (Å²) in [5, 5.41) is 0. The van der Waals surface area contributed by atoms with Gasteiger partial charge in [0.2, 0.25) is 10.0 Å². The zero-order valence-corrected chi connectivity index (χ0v) is 16.9. The summed E-state index contributed by atoms with van der Waals surface area (Å²) in [6.07, 6.45) is 0.